The maximum Gasteiger partial charge on any atom is 0.305 e. The van der Waals surface area contributed by atoms with Gasteiger partial charge in [-0.3, -0.25) is 28.8 Å². The lowest BCUT2D eigenvalue weighted by atomic mass is 9.84. The van der Waals surface area contributed by atoms with E-state index in [1.807, 2.05) is 24.3 Å². The predicted molar refractivity (Wildman–Crippen MR) is 166 cm³/mol. The Hall–Kier alpha value is -4.42. The molecule has 0 bridgehead atoms. The van der Waals surface area contributed by atoms with Gasteiger partial charge in [0.25, 0.3) is 0 Å². The molecule has 4 rings (SSSR count). The molecular formula is C32H44N6O7. The summed E-state index contributed by atoms with van der Waals surface area (Å²) in [4.78, 5) is 82.4. The van der Waals surface area contributed by atoms with Crippen LogP contribution >= 0.6 is 0 Å². The van der Waals surface area contributed by atoms with Crippen molar-refractivity contribution in [2.45, 2.75) is 102 Å². The minimum Gasteiger partial charge on any atom is -0.481 e. The first-order chi connectivity index (χ1) is 21.4. The predicted octanol–water partition coefficient (Wildman–Crippen LogP) is 1.27. The molecule has 244 valence electrons. The largest absolute Gasteiger partial charge is 0.481 e. The lowest BCUT2D eigenvalue weighted by Gasteiger charge is -2.30. The highest BCUT2D eigenvalue weighted by molar-refractivity contribution is 5.99. The summed E-state index contributed by atoms with van der Waals surface area (Å²) >= 11 is 0. The second kappa shape index (κ2) is 15.0. The topological polar surface area (TPSA) is 199 Å². The van der Waals surface area contributed by atoms with Crippen LogP contribution in [0.2, 0.25) is 0 Å². The van der Waals surface area contributed by atoms with E-state index >= 15 is 0 Å². The number of hydrogen-bond acceptors (Lipinski definition) is 6. The van der Waals surface area contributed by atoms with Gasteiger partial charge in [-0.15, -0.1) is 0 Å². The Bertz CT molecular complexity index is 1420. The number of H-pyrrole nitrogens is 1. The summed E-state index contributed by atoms with van der Waals surface area (Å²) in [6.45, 7) is 4.90. The van der Waals surface area contributed by atoms with Gasteiger partial charge in [-0.1, -0.05) is 64.2 Å². The average molecular weight is 625 g/mol. The first kappa shape index (κ1) is 33.5. The lowest BCUT2D eigenvalue weighted by Crippen LogP contribution is -2.59. The van der Waals surface area contributed by atoms with Crippen LogP contribution in [0.15, 0.2) is 30.5 Å². The quantitative estimate of drug-likeness (QED) is 0.241. The van der Waals surface area contributed by atoms with Gasteiger partial charge in [-0.25, -0.2) is 0 Å². The van der Waals surface area contributed by atoms with Crippen LogP contribution in [0.5, 0.6) is 0 Å². The van der Waals surface area contributed by atoms with Gasteiger partial charge in [-0.05, 0) is 36.8 Å². The van der Waals surface area contributed by atoms with Crippen molar-refractivity contribution < 1.29 is 33.9 Å². The van der Waals surface area contributed by atoms with Crippen molar-refractivity contribution in [1.29, 1.82) is 0 Å². The minimum absolute atomic E-state index is 0.0259. The zero-order valence-electron chi connectivity index (χ0n) is 26.0. The van der Waals surface area contributed by atoms with Gasteiger partial charge in [0.15, 0.2) is 0 Å². The summed E-state index contributed by atoms with van der Waals surface area (Å²) in [5.41, 5.74) is 1.55. The second-order valence-corrected chi connectivity index (χ2v) is 12.5. The molecule has 1 aliphatic carbocycles. The third-order valence-corrected chi connectivity index (χ3v) is 8.67. The van der Waals surface area contributed by atoms with E-state index in [2.05, 4.69) is 31.6 Å². The molecule has 1 aliphatic heterocycles. The lowest BCUT2D eigenvalue weighted by molar-refractivity contribution is -0.141. The number of rotatable bonds is 7. The Morgan fingerprint density at radius 1 is 0.800 bits per heavy atom. The molecule has 5 amide bonds. The Morgan fingerprint density at radius 2 is 1.42 bits per heavy atom. The number of hydrogen-bond donors (Lipinski definition) is 7. The van der Waals surface area contributed by atoms with Gasteiger partial charge in [0.05, 0.1) is 6.42 Å². The van der Waals surface area contributed by atoms with E-state index in [4.69, 9.17) is 0 Å². The molecule has 1 saturated carbocycles. The van der Waals surface area contributed by atoms with E-state index in [1.54, 1.807) is 20.0 Å². The van der Waals surface area contributed by atoms with Crippen molar-refractivity contribution in [3.8, 4) is 0 Å². The Labute approximate surface area is 262 Å². The van der Waals surface area contributed by atoms with Gasteiger partial charge >= 0.3 is 5.97 Å². The highest BCUT2D eigenvalue weighted by atomic mass is 16.4. The minimum atomic E-state index is -1.53. The van der Waals surface area contributed by atoms with Gasteiger partial charge in [0.1, 0.15) is 30.2 Å². The van der Waals surface area contributed by atoms with Crippen molar-refractivity contribution in [3.63, 3.8) is 0 Å². The number of aliphatic carboxylic acids is 1. The Balaban J connectivity index is 1.72. The van der Waals surface area contributed by atoms with Crippen LogP contribution in [0.4, 0.5) is 0 Å². The van der Waals surface area contributed by atoms with E-state index in [1.165, 1.54) is 6.92 Å². The fourth-order valence-electron chi connectivity index (χ4n) is 6.10. The maximum absolute atomic E-state index is 14.0. The molecule has 45 heavy (non-hydrogen) atoms. The van der Waals surface area contributed by atoms with Crippen molar-refractivity contribution >= 4 is 46.4 Å². The number of carboxylic acid groups (broad SMARTS) is 1. The molecule has 5 atom stereocenters. The van der Waals surface area contributed by atoms with Crippen molar-refractivity contribution in [3.05, 3.63) is 36.0 Å². The zero-order chi connectivity index (χ0) is 32.7. The highest BCUT2D eigenvalue weighted by Gasteiger charge is 2.36. The van der Waals surface area contributed by atoms with Crippen LogP contribution in [0.25, 0.3) is 10.9 Å². The fourth-order valence-corrected chi connectivity index (χ4v) is 6.10. The van der Waals surface area contributed by atoms with E-state index in [-0.39, 0.29) is 18.3 Å². The number of fused-ring (bicyclic) bond motifs is 1. The number of carbonyl (C=O) groups is 6. The number of para-hydroxylation sites is 1. The molecule has 13 heteroatoms. The van der Waals surface area contributed by atoms with E-state index < -0.39 is 72.1 Å². The fraction of sp³-hybridized carbons (Fsp3) is 0.562. The summed E-state index contributed by atoms with van der Waals surface area (Å²) in [5, 5.41) is 23.6. The molecule has 2 heterocycles. The number of benzene rings is 1. The Morgan fingerprint density at radius 3 is 2.11 bits per heavy atom. The first-order valence-corrected chi connectivity index (χ1v) is 15.7. The van der Waals surface area contributed by atoms with Crippen LogP contribution in [0, 0.1) is 11.8 Å². The van der Waals surface area contributed by atoms with Crippen LogP contribution in [-0.2, 0) is 35.2 Å². The second-order valence-electron chi connectivity index (χ2n) is 12.5. The molecule has 1 aromatic carbocycles. The van der Waals surface area contributed by atoms with Crippen molar-refractivity contribution in [1.82, 2.24) is 31.6 Å². The van der Waals surface area contributed by atoms with Gasteiger partial charge in [0.2, 0.25) is 29.5 Å². The Kier molecular flexibility index (Phi) is 11.2. The van der Waals surface area contributed by atoms with Crippen LogP contribution in [0.3, 0.4) is 0 Å². The van der Waals surface area contributed by atoms with Crippen LogP contribution in [0.1, 0.15) is 71.3 Å². The molecular weight excluding hydrogens is 580 g/mol. The number of aromatic nitrogens is 1. The van der Waals surface area contributed by atoms with E-state index in [0.717, 1.165) is 48.6 Å². The molecule has 1 saturated heterocycles. The molecule has 1 aromatic heterocycles. The molecule has 0 unspecified atom stereocenters. The maximum atomic E-state index is 14.0. The normalized spacial score (nSPS) is 26.2. The van der Waals surface area contributed by atoms with Gasteiger partial charge in [-0.2, -0.15) is 0 Å². The molecule has 2 aliphatic rings. The van der Waals surface area contributed by atoms with Gasteiger partial charge < -0.3 is 36.7 Å². The summed E-state index contributed by atoms with van der Waals surface area (Å²) in [5.74, 6) is -4.97. The number of aromatic amines is 1. The summed E-state index contributed by atoms with van der Waals surface area (Å²) < 4.78 is 0. The summed E-state index contributed by atoms with van der Waals surface area (Å²) in [6, 6.07) is 1.56. The van der Waals surface area contributed by atoms with Crippen LogP contribution in [-0.4, -0.2) is 75.8 Å². The average Bonchev–Trinajstić information content (AvgIpc) is 3.40. The van der Waals surface area contributed by atoms with E-state index in [9.17, 15) is 33.9 Å². The SMILES string of the molecule is CC(C)[C@@H]1NC(=O)[C@@H](C)NC(=O)[C@H](CC(=O)O)NC(=O)[C@H](Cc2c[nH]c3ccccc23)NC(=O)[C@@H](CC2CCCCC2)NC1=O. The smallest absolute Gasteiger partial charge is 0.305 e. The number of amides is 5. The van der Waals surface area contributed by atoms with E-state index in [0.29, 0.717) is 6.42 Å². The molecule has 7 N–H and O–H groups in total. The molecule has 0 spiro atoms. The van der Waals surface area contributed by atoms with Crippen LogP contribution < -0.4 is 26.6 Å². The zero-order valence-corrected chi connectivity index (χ0v) is 26.0. The monoisotopic (exact) mass is 624 g/mol. The third kappa shape index (κ3) is 8.83. The number of nitrogens with one attached hydrogen (secondary N) is 6. The molecule has 13 nitrogen and oxygen atoms in total. The third-order valence-electron chi connectivity index (χ3n) is 8.67. The molecule has 2 fully saturated rings. The number of carboxylic acids is 1. The van der Waals surface area contributed by atoms with Crippen molar-refractivity contribution in [2.24, 2.45) is 11.8 Å². The van der Waals surface area contributed by atoms with Gasteiger partial charge in [0, 0.05) is 23.5 Å². The first-order valence-electron chi connectivity index (χ1n) is 15.7. The number of carbonyl (C=O) groups excluding carboxylic acids is 5. The summed E-state index contributed by atoms with van der Waals surface area (Å²) in [6.07, 6.45) is 6.33. The standard InChI is InChI=1S/C32H44N6O7/c1-17(2)27-32(45)37-23(13-19-9-5-4-6-10-19)30(43)35-24(14-20-16-33-22-12-8-7-11-21(20)22)31(44)36-25(15-26(39)40)29(42)34-18(3)28(41)38-27/h7-8,11-12,16-19,23-25,27,33H,4-6,9-10,13-15H2,1-3H3,(H,34,42)(H,35,43)(H,36,44)(H,37,45)(H,38,41)(H,39,40)/t18-,23-,24+,25+,27+/m1/s1. The highest BCUT2D eigenvalue weighted by Crippen LogP contribution is 2.28. The molecule has 2 aromatic rings. The van der Waals surface area contributed by atoms with Crippen molar-refractivity contribution in [2.75, 3.05) is 0 Å². The summed E-state index contributed by atoms with van der Waals surface area (Å²) in [7, 11) is 0. The molecule has 0 radical (unpaired) electrons.